The summed E-state index contributed by atoms with van der Waals surface area (Å²) in [6.45, 7) is 7.67. The summed E-state index contributed by atoms with van der Waals surface area (Å²) in [7, 11) is 4.08. The van der Waals surface area contributed by atoms with Gasteiger partial charge in [0.05, 0.1) is 0 Å². The van der Waals surface area contributed by atoms with E-state index in [4.69, 9.17) is 4.74 Å². The first-order chi connectivity index (χ1) is 12.4. The third-order valence-corrected chi connectivity index (χ3v) is 4.32. The van der Waals surface area contributed by atoms with Crippen LogP contribution >= 0.6 is 0 Å². The second kappa shape index (κ2) is 9.39. The third-order valence-electron chi connectivity index (χ3n) is 4.32. The Bertz CT molecular complexity index is 739. The third kappa shape index (κ3) is 5.88. The van der Waals surface area contributed by atoms with Crippen molar-refractivity contribution in [2.45, 2.75) is 39.8 Å². The van der Waals surface area contributed by atoms with Crippen LogP contribution in [-0.4, -0.2) is 31.5 Å². The maximum Gasteiger partial charge on any atom is 0.258 e. The van der Waals surface area contributed by atoms with Crippen molar-refractivity contribution in [3.63, 3.8) is 0 Å². The fraction of sp³-hybridized carbons (Fsp3) is 0.409. The monoisotopic (exact) mass is 354 g/mol. The highest BCUT2D eigenvalue weighted by atomic mass is 16.5. The van der Waals surface area contributed by atoms with Crippen LogP contribution in [0.5, 0.6) is 5.75 Å². The van der Waals surface area contributed by atoms with E-state index in [1.165, 1.54) is 11.1 Å². The van der Waals surface area contributed by atoms with Gasteiger partial charge in [0.15, 0.2) is 6.61 Å². The molecule has 0 fully saturated rings. The van der Waals surface area contributed by atoms with Crippen LogP contribution in [0.15, 0.2) is 42.5 Å². The highest BCUT2D eigenvalue weighted by Crippen LogP contribution is 2.24. The minimum Gasteiger partial charge on any atom is -0.483 e. The Labute approximate surface area is 157 Å². The van der Waals surface area contributed by atoms with Crippen LogP contribution in [-0.2, 0) is 17.9 Å². The zero-order valence-corrected chi connectivity index (χ0v) is 16.5. The predicted molar refractivity (Wildman–Crippen MR) is 106 cm³/mol. The number of benzene rings is 2. The Hall–Kier alpha value is -2.33. The lowest BCUT2D eigenvalue weighted by Gasteiger charge is -2.15. The first-order valence-corrected chi connectivity index (χ1v) is 9.08. The summed E-state index contributed by atoms with van der Waals surface area (Å²) in [5, 5.41) is 2.96. The second-order valence-electron chi connectivity index (χ2n) is 7.25. The lowest BCUT2D eigenvalue weighted by Crippen LogP contribution is -2.29. The molecule has 0 radical (unpaired) electrons. The Morgan fingerprint density at radius 3 is 2.46 bits per heavy atom. The molecule has 0 aliphatic rings. The van der Waals surface area contributed by atoms with E-state index in [9.17, 15) is 4.79 Å². The molecule has 0 aromatic heterocycles. The van der Waals surface area contributed by atoms with E-state index in [1.54, 1.807) is 0 Å². The van der Waals surface area contributed by atoms with E-state index in [0.29, 0.717) is 12.5 Å². The smallest absolute Gasteiger partial charge is 0.258 e. The van der Waals surface area contributed by atoms with Crippen molar-refractivity contribution in [3.8, 4) is 5.75 Å². The molecule has 0 bridgehead atoms. The Morgan fingerprint density at radius 1 is 1.12 bits per heavy atom. The number of rotatable bonds is 8. The van der Waals surface area contributed by atoms with Gasteiger partial charge in [0.1, 0.15) is 5.75 Å². The number of aryl methyl sites for hydroxylation is 1. The molecule has 26 heavy (non-hydrogen) atoms. The molecule has 4 nitrogen and oxygen atoms in total. The molecule has 2 aromatic carbocycles. The van der Waals surface area contributed by atoms with Gasteiger partial charge in [0.2, 0.25) is 0 Å². The highest BCUT2D eigenvalue weighted by Gasteiger charge is 2.09. The largest absolute Gasteiger partial charge is 0.483 e. The molecule has 0 saturated heterocycles. The van der Waals surface area contributed by atoms with E-state index < -0.39 is 0 Å². The van der Waals surface area contributed by atoms with Crippen molar-refractivity contribution in [2.24, 2.45) is 0 Å². The molecule has 2 aromatic rings. The Balaban J connectivity index is 1.91. The number of amides is 1. The van der Waals surface area contributed by atoms with E-state index in [0.717, 1.165) is 23.4 Å². The lowest BCUT2D eigenvalue weighted by atomic mass is 10.0. The van der Waals surface area contributed by atoms with Crippen molar-refractivity contribution in [1.29, 1.82) is 0 Å². The maximum atomic E-state index is 12.2. The van der Waals surface area contributed by atoms with Crippen LogP contribution < -0.4 is 10.1 Å². The minimum absolute atomic E-state index is 0.0260. The molecule has 1 amide bonds. The van der Waals surface area contributed by atoms with Crippen LogP contribution in [0, 0.1) is 6.92 Å². The number of ether oxygens (including phenoxy) is 1. The molecule has 0 heterocycles. The Kier molecular flexibility index (Phi) is 7.22. The van der Waals surface area contributed by atoms with Gasteiger partial charge < -0.3 is 15.0 Å². The maximum absolute atomic E-state index is 12.2. The van der Waals surface area contributed by atoms with Gasteiger partial charge >= 0.3 is 0 Å². The van der Waals surface area contributed by atoms with Gasteiger partial charge in [-0.25, -0.2) is 0 Å². The van der Waals surface area contributed by atoms with Gasteiger partial charge in [-0.2, -0.15) is 0 Å². The fourth-order valence-electron chi connectivity index (χ4n) is 2.74. The van der Waals surface area contributed by atoms with Crippen molar-refractivity contribution in [2.75, 3.05) is 20.7 Å². The normalized spacial score (nSPS) is 11.0. The van der Waals surface area contributed by atoms with Gasteiger partial charge in [-0.05, 0) is 55.3 Å². The quantitative estimate of drug-likeness (QED) is 0.782. The van der Waals surface area contributed by atoms with Crippen LogP contribution in [0.2, 0.25) is 0 Å². The molecule has 4 heteroatoms. The zero-order valence-electron chi connectivity index (χ0n) is 16.5. The van der Waals surface area contributed by atoms with Crippen molar-refractivity contribution in [1.82, 2.24) is 10.2 Å². The topological polar surface area (TPSA) is 41.6 Å². The average Bonchev–Trinajstić information content (AvgIpc) is 2.59. The summed E-state index contributed by atoms with van der Waals surface area (Å²) < 4.78 is 5.75. The Morgan fingerprint density at radius 2 is 1.81 bits per heavy atom. The summed E-state index contributed by atoms with van der Waals surface area (Å²) in [5.74, 6) is 1.10. The number of nitrogens with one attached hydrogen (secondary N) is 1. The van der Waals surface area contributed by atoms with Crippen LogP contribution in [0.3, 0.4) is 0 Å². The van der Waals surface area contributed by atoms with Gasteiger partial charge in [-0.15, -0.1) is 0 Å². The highest BCUT2D eigenvalue weighted by molar-refractivity contribution is 5.77. The van der Waals surface area contributed by atoms with Gasteiger partial charge in [-0.1, -0.05) is 50.2 Å². The average molecular weight is 354 g/mol. The molecule has 140 valence electrons. The number of hydrogen-bond acceptors (Lipinski definition) is 3. The summed E-state index contributed by atoms with van der Waals surface area (Å²) >= 11 is 0. The summed E-state index contributed by atoms with van der Waals surface area (Å²) in [4.78, 5) is 14.3. The van der Waals surface area contributed by atoms with Gasteiger partial charge in [0, 0.05) is 13.1 Å². The molecule has 1 N–H and O–H groups in total. The van der Waals surface area contributed by atoms with E-state index in [2.05, 4.69) is 42.3 Å². The predicted octanol–water partition coefficient (Wildman–Crippen LogP) is 3.88. The first kappa shape index (κ1) is 20.0. The molecular formula is C22H30N2O2. The fourth-order valence-corrected chi connectivity index (χ4v) is 2.74. The number of hydrogen-bond donors (Lipinski definition) is 1. The molecule has 0 saturated carbocycles. The minimum atomic E-state index is -0.112. The summed E-state index contributed by atoms with van der Waals surface area (Å²) in [5.41, 5.74) is 4.61. The van der Waals surface area contributed by atoms with E-state index in [-0.39, 0.29) is 12.5 Å². The van der Waals surface area contributed by atoms with Crippen molar-refractivity contribution >= 4 is 5.91 Å². The van der Waals surface area contributed by atoms with Crippen LogP contribution in [0.4, 0.5) is 0 Å². The summed E-state index contributed by atoms with van der Waals surface area (Å²) in [6.07, 6.45) is 0. The van der Waals surface area contributed by atoms with Gasteiger partial charge in [-0.3, -0.25) is 4.79 Å². The number of carbonyl (C=O) groups excluding carboxylic acids is 1. The van der Waals surface area contributed by atoms with E-state index >= 15 is 0 Å². The molecule has 0 aliphatic heterocycles. The van der Waals surface area contributed by atoms with Crippen LogP contribution in [0.1, 0.15) is 42.0 Å². The first-order valence-electron chi connectivity index (χ1n) is 9.08. The summed E-state index contributed by atoms with van der Waals surface area (Å²) in [6, 6.07) is 14.3. The number of nitrogens with zero attached hydrogens (tertiary/aromatic N) is 1. The zero-order chi connectivity index (χ0) is 19.1. The molecule has 0 aliphatic carbocycles. The second-order valence-corrected chi connectivity index (χ2v) is 7.25. The van der Waals surface area contributed by atoms with E-state index in [1.807, 2.05) is 45.3 Å². The lowest BCUT2D eigenvalue weighted by molar-refractivity contribution is -0.123. The molecule has 0 unspecified atom stereocenters. The standard InChI is InChI=1S/C22H30N2O2/c1-16(2)18-11-10-17(3)21(12-18)26-15-22(25)23-13-19-8-6-7-9-20(19)14-24(4)5/h6-12,16H,13-15H2,1-5H3,(H,23,25). The number of carbonyl (C=O) groups is 1. The molecule has 2 rings (SSSR count). The van der Waals surface area contributed by atoms with Gasteiger partial charge in [0.25, 0.3) is 5.91 Å². The molecule has 0 spiro atoms. The molecule has 0 atom stereocenters. The van der Waals surface area contributed by atoms with Crippen molar-refractivity contribution < 1.29 is 9.53 Å². The molecular weight excluding hydrogens is 324 g/mol. The van der Waals surface area contributed by atoms with Crippen molar-refractivity contribution in [3.05, 3.63) is 64.7 Å². The SMILES string of the molecule is Cc1ccc(C(C)C)cc1OCC(=O)NCc1ccccc1CN(C)C. The van der Waals surface area contributed by atoms with Crippen LogP contribution in [0.25, 0.3) is 0 Å².